The molecule has 5 heteroatoms. The second-order valence-corrected chi connectivity index (χ2v) is 4.63. The molecular formula is C12H19N5. The lowest BCUT2D eigenvalue weighted by Crippen LogP contribution is -2.34. The third-order valence-corrected chi connectivity index (χ3v) is 3.43. The number of nitrogens with zero attached hydrogens (tertiary/aromatic N) is 3. The molecule has 5 nitrogen and oxygen atoms in total. The van der Waals surface area contributed by atoms with E-state index < -0.39 is 0 Å². The van der Waals surface area contributed by atoms with Gasteiger partial charge < -0.3 is 10.2 Å². The lowest BCUT2D eigenvalue weighted by atomic mass is 10.1. The third-order valence-electron chi connectivity index (χ3n) is 3.43. The van der Waals surface area contributed by atoms with Gasteiger partial charge in [0.1, 0.15) is 0 Å². The number of hydrogen-bond donors (Lipinski definition) is 2. The van der Waals surface area contributed by atoms with Crippen LogP contribution in [0.2, 0.25) is 0 Å². The number of aromatic nitrogens is 2. The van der Waals surface area contributed by atoms with Gasteiger partial charge in [-0.1, -0.05) is 6.08 Å². The fourth-order valence-electron chi connectivity index (χ4n) is 2.43. The van der Waals surface area contributed by atoms with Gasteiger partial charge >= 0.3 is 0 Å². The van der Waals surface area contributed by atoms with E-state index in [4.69, 9.17) is 0 Å². The van der Waals surface area contributed by atoms with Crippen LogP contribution in [0.4, 0.5) is 5.69 Å². The highest BCUT2D eigenvalue weighted by atomic mass is 15.3. The van der Waals surface area contributed by atoms with E-state index in [0.29, 0.717) is 6.04 Å². The molecule has 2 N–H and O–H groups in total. The molecule has 3 heterocycles. The molecule has 2 aliphatic heterocycles. The molecule has 0 aliphatic carbocycles. The summed E-state index contributed by atoms with van der Waals surface area (Å²) >= 11 is 0. The fraction of sp³-hybridized carbons (Fsp3) is 0.583. The van der Waals surface area contributed by atoms with E-state index in [1.54, 1.807) is 0 Å². The van der Waals surface area contributed by atoms with E-state index in [9.17, 15) is 0 Å². The molecule has 1 aromatic heterocycles. The zero-order valence-corrected chi connectivity index (χ0v) is 9.97. The molecule has 0 amide bonds. The molecule has 0 saturated carbocycles. The van der Waals surface area contributed by atoms with Crippen LogP contribution in [0.1, 0.15) is 18.9 Å². The van der Waals surface area contributed by atoms with E-state index >= 15 is 0 Å². The second-order valence-electron chi connectivity index (χ2n) is 4.63. The van der Waals surface area contributed by atoms with Crippen molar-refractivity contribution in [2.75, 3.05) is 31.2 Å². The largest absolute Gasteiger partial charge is 0.332 e. The van der Waals surface area contributed by atoms with Gasteiger partial charge in [-0.2, -0.15) is 5.10 Å². The number of nitrogens with one attached hydrogen (secondary N) is 2. The highest BCUT2D eigenvalue weighted by molar-refractivity contribution is 5.46. The summed E-state index contributed by atoms with van der Waals surface area (Å²) in [6.07, 6.45) is 10.7. The first kappa shape index (κ1) is 10.8. The van der Waals surface area contributed by atoms with Crippen molar-refractivity contribution in [2.24, 2.45) is 0 Å². The topological polar surface area (TPSA) is 45.1 Å². The molecule has 1 fully saturated rings. The summed E-state index contributed by atoms with van der Waals surface area (Å²) < 4.78 is 2.12. The van der Waals surface area contributed by atoms with E-state index in [1.807, 2.05) is 6.20 Å². The van der Waals surface area contributed by atoms with Gasteiger partial charge in [-0.05, 0) is 25.9 Å². The van der Waals surface area contributed by atoms with Crippen LogP contribution in [0.3, 0.4) is 0 Å². The first-order valence-electron chi connectivity index (χ1n) is 6.32. The molecule has 3 rings (SSSR count). The van der Waals surface area contributed by atoms with Crippen LogP contribution in [-0.2, 0) is 0 Å². The van der Waals surface area contributed by atoms with Crippen LogP contribution in [0.25, 0.3) is 0 Å². The maximum Gasteiger partial charge on any atom is 0.0803 e. The molecule has 0 atom stereocenters. The zero-order valence-electron chi connectivity index (χ0n) is 9.97. The van der Waals surface area contributed by atoms with Crippen molar-refractivity contribution in [3.05, 3.63) is 24.7 Å². The Bertz CT molecular complexity index is 391. The average Bonchev–Trinajstić information content (AvgIpc) is 2.90. The molecule has 92 valence electrons. The molecular weight excluding hydrogens is 214 g/mol. The summed E-state index contributed by atoms with van der Waals surface area (Å²) in [4.78, 5) is 2.19. The second kappa shape index (κ2) is 4.89. The minimum absolute atomic E-state index is 0.562. The normalized spacial score (nSPS) is 22.0. The quantitative estimate of drug-likeness (QED) is 0.789. The summed E-state index contributed by atoms with van der Waals surface area (Å²) in [5.41, 5.74) is 1.17. The maximum atomic E-state index is 4.50. The van der Waals surface area contributed by atoms with Gasteiger partial charge in [-0.3, -0.25) is 10.00 Å². The molecule has 17 heavy (non-hydrogen) atoms. The van der Waals surface area contributed by atoms with Crippen molar-refractivity contribution in [3.63, 3.8) is 0 Å². The van der Waals surface area contributed by atoms with Crippen LogP contribution < -0.4 is 15.5 Å². The smallest absolute Gasteiger partial charge is 0.0803 e. The first-order valence-corrected chi connectivity index (χ1v) is 6.32. The predicted molar refractivity (Wildman–Crippen MR) is 67.9 cm³/mol. The monoisotopic (exact) mass is 233 g/mol. The Morgan fingerprint density at radius 1 is 1.24 bits per heavy atom. The predicted octanol–water partition coefficient (Wildman–Crippen LogP) is 0.688. The standard InChI is InChI=1S/C12H19N5/c1-4-14-10-16(7-1)12-8-15-17(9-12)11-2-5-13-6-3-11/h1,7-9,11,13-14H,2-6,10H2. The van der Waals surface area contributed by atoms with Crippen molar-refractivity contribution in [3.8, 4) is 0 Å². The Balaban J connectivity index is 1.72. The number of anilines is 1. The van der Waals surface area contributed by atoms with Crippen LogP contribution in [0.5, 0.6) is 0 Å². The summed E-state index contributed by atoms with van der Waals surface area (Å²) in [6, 6.07) is 0.562. The van der Waals surface area contributed by atoms with Crippen LogP contribution in [-0.4, -0.2) is 36.1 Å². The molecule has 0 bridgehead atoms. The zero-order chi connectivity index (χ0) is 11.5. The van der Waals surface area contributed by atoms with Gasteiger partial charge in [0.2, 0.25) is 0 Å². The van der Waals surface area contributed by atoms with Gasteiger partial charge in [-0.25, -0.2) is 0 Å². The lowest BCUT2D eigenvalue weighted by Gasteiger charge is -2.24. The highest BCUT2D eigenvalue weighted by Gasteiger charge is 2.17. The molecule has 1 aromatic rings. The van der Waals surface area contributed by atoms with E-state index in [2.05, 4.69) is 43.8 Å². The van der Waals surface area contributed by atoms with Gasteiger partial charge in [0, 0.05) is 18.9 Å². The Hall–Kier alpha value is -1.33. The van der Waals surface area contributed by atoms with Gasteiger partial charge in [0.25, 0.3) is 0 Å². The van der Waals surface area contributed by atoms with Gasteiger partial charge in [0.15, 0.2) is 0 Å². The summed E-state index contributed by atoms with van der Waals surface area (Å²) in [6.45, 7) is 4.03. The minimum atomic E-state index is 0.562. The van der Waals surface area contributed by atoms with Crippen molar-refractivity contribution in [1.82, 2.24) is 20.4 Å². The van der Waals surface area contributed by atoms with Crippen molar-refractivity contribution in [2.45, 2.75) is 18.9 Å². The Morgan fingerprint density at radius 2 is 2.12 bits per heavy atom. The number of hydrogen-bond acceptors (Lipinski definition) is 4. The molecule has 0 radical (unpaired) electrons. The maximum absolute atomic E-state index is 4.50. The number of rotatable bonds is 2. The lowest BCUT2D eigenvalue weighted by molar-refractivity contribution is 0.343. The van der Waals surface area contributed by atoms with Crippen LogP contribution >= 0.6 is 0 Å². The van der Waals surface area contributed by atoms with Crippen molar-refractivity contribution < 1.29 is 0 Å². The van der Waals surface area contributed by atoms with Crippen molar-refractivity contribution >= 4 is 5.69 Å². The molecule has 0 aromatic carbocycles. The SMILES string of the molecule is C1=CN(c2cnn(C3CCNCC3)c2)CNC1. The summed E-state index contributed by atoms with van der Waals surface area (Å²) in [7, 11) is 0. The Kier molecular flexibility index (Phi) is 3.11. The fourth-order valence-corrected chi connectivity index (χ4v) is 2.43. The number of piperidine rings is 1. The third kappa shape index (κ3) is 2.35. The molecule has 1 saturated heterocycles. The van der Waals surface area contributed by atoms with E-state index in [1.165, 1.54) is 18.5 Å². The molecule has 0 spiro atoms. The Morgan fingerprint density at radius 3 is 2.88 bits per heavy atom. The van der Waals surface area contributed by atoms with Gasteiger partial charge in [0.05, 0.1) is 24.6 Å². The Labute approximate surface area is 101 Å². The first-order chi connectivity index (χ1) is 8.43. The summed E-state index contributed by atoms with van der Waals surface area (Å²) in [5.74, 6) is 0. The van der Waals surface area contributed by atoms with Crippen molar-refractivity contribution in [1.29, 1.82) is 0 Å². The van der Waals surface area contributed by atoms with Gasteiger partial charge in [-0.15, -0.1) is 0 Å². The molecule has 2 aliphatic rings. The highest BCUT2D eigenvalue weighted by Crippen LogP contribution is 2.21. The van der Waals surface area contributed by atoms with E-state index in [-0.39, 0.29) is 0 Å². The average molecular weight is 233 g/mol. The van der Waals surface area contributed by atoms with Crippen LogP contribution in [0.15, 0.2) is 24.7 Å². The van der Waals surface area contributed by atoms with E-state index in [0.717, 1.165) is 26.3 Å². The summed E-state index contributed by atoms with van der Waals surface area (Å²) in [5, 5.41) is 11.2. The minimum Gasteiger partial charge on any atom is -0.332 e. The molecule has 0 unspecified atom stereocenters. The van der Waals surface area contributed by atoms with Crippen LogP contribution in [0, 0.1) is 0 Å².